The molecular formula is C10H15F6NO2. The van der Waals surface area contributed by atoms with Gasteiger partial charge in [-0.15, -0.1) is 0 Å². The summed E-state index contributed by atoms with van der Waals surface area (Å²) in [5.74, 6) is -6.29. The Balaban J connectivity index is 4.88. The molecule has 0 aliphatic rings. The molecule has 0 saturated heterocycles. The first-order chi connectivity index (χ1) is 8.37. The summed E-state index contributed by atoms with van der Waals surface area (Å²) in [5, 5.41) is 11.2. The largest absolute Gasteiger partial charge is 0.409 e. The van der Waals surface area contributed by atoms with Gasteiger partial charge in [-0.05, 0) is 12.8 Å². The minimum Gasteiger partial charge on any atom is -0.388 e. The summed E-state index contributed by atoms with van der Waals surface area (Å²) in [6, 6.07) is 0. The highest BCUT2D eigenvalue weighted by Gasteiger charge is 2.61. The summed E-state index contributed by atoms with van der Waals surface area (Å²) < 4.78 is 73.2. The van der Waals surface area contributed by atoms with Crippen LogP contribution in [0.5, 0.6) is 0 Å². The lowest BCUT2D eigenvalue weighted by molar-refractivity contribution is -0.274. The van der Waals surface area contributed by atoms with Crippen molar-refractivity contribution in [3.05, 3.63) is 0 Å². The second-order valence-corrected chi connectivity index (χ2v) is 4.17. The highest BCUT2D eigenvalue weighted by molar-refractivity contribution is 5.80. The molecule has 0 aromatic rings. The molecule has 9 heteroatoms. The van der Waals surface area contributed by atoms with E-state index in [-0.39, 0.29) is 12.8 Å². The number of carbonyl (C=O) groups excluding carboxylic acids is 1. The maximum Gasteiger partial charge on any atom is 0.409 e. The van der Waals surface area contributed by atoms with Crippen LogP contribution in [-0.4, -0.2) is 35.5 Å². The van der Waals surface area contributed by atoms with E-state index in [0.29, 0.717) is 0 Å². The summed E-state index contributed by atoms with van der Waals surface area (Å²) in [5.41, 5.74) is -1.52. The Labute approximate surface area is 106 Å². The molecule has 0 aliphatic heterocycles. The van der Waals surface area contributed by atoms with Crippen LogP contribution in [0.1, 0.15) is 26.7 Å². The molecule has 0 aromatic carbocycles. The lowest BCUT2D eigenvalue weighted by Crippen LogP contribution is -2.51. The van der Waals surface area contributed by atoms with Crippen molar-refractivity contribution in [1.29, 1.82) is 0 Å². The van der Waals surface area contributed by atoms with Gasteiger partial charge in [0.1, 0.15) is 0 Å². The van der Waals surface area contributed by atoms with Crippen LogP contribution < -0.4 is 5.32 Å². The molecule has 3 nitrogen and oxygen atoms in total. The van der Waals surface area contributed by atoms with Gasteiger partial charge in [-0.3, -0.25) is 4.79 Å². The van der Waals surface area contributed by atoms with Gasteiger partial charge >= 0.3 is 12.4 Å². The van der Waals surface area contributed by atoms with Crippen LogP contribution in [0.15, 0.2) is 0 Å². The van der Waals surface area contributed by atoms with Gasteiger partial charge in [0.15, 0.2) is 0 Å². The standard InChI is InChI=1S/C10H15F6NO2/c1-3-8(19,4-2)5-17-7(18)6(9(11,12)13)10(14,15)16/h6,19H,3-5H2,1-2H3,(H,17,18). The van der Waals surface area contributed by atoms with Crippen LogP contribution >= 0.6 is 0 Å². The molecule has 2 N–H and O–H groups in total. The van der Waals surface area contributed by atoms with Gasteiger partial charge in [0.05, 0.1) is 5.60 Å². The number of nitrogens with one attached hydrogen (secondary N) is 1. The van der Waals surface area contributed by atoms with Gasteiger partial charge in [0.2, 0.25) is 11.8 Å². The van der Waals surface area contributed by atoms with Crippen molar-refractivity contribution < 1.29 is 36.2 Å². The fourth-order valence-electron chi connectivity index (χ4n) is 1.34. The molecule has 114 valence electrons. The monoisotopic (exact) mass is 295 g/mol. The smallest absolute Gasteiger partial charge is 0.388 e. The Morgan fingerprint density at radius 1 is 1.05 bits per heavy atom. The minimum atomic E-state index is -5.72. The third-order valence-corrected chi connectivity index (χ3v) is 2.82. The summed E-state index contributed by atoms with van der Waals surface area (Å²) in [6.07, 6.45) is -11.3. The number of halogens is 6. The summed E-state index contributed by atoms with van der Waals surface area (Å²) >= 11 is 0. The van der Waals surface area contributed by atoms with Gasteiger partial charge in [-0.2, -0.15) is 26.3 Å². The first-order valence-electron chi connectivity index (χ1n) is 5.51. The van der Waals surface area contributed by atoms with E-state index in [4.69, 9.17) is 0 Å². The lowest BCUT2D eigenvalue weighted by atomic mass is 9.97. The molecule has 1 amide bonds. The predicted octanol–water partition coefficient (Wildman–Crippen LogP) is 2.39. The second-order valence-electron chi connectivity index (χ2n) is 4.17. The first-order valence-corrected chi connectivity index (χ1v) is 5.51. The molecule has 0 atom stereocenters. The van der Waals surface area contributed by atoms with Gasteiger partial charge in [-0.1, -0.05) is 13.8 Å². The van der Waals surface area contributed by atoms with E-state index in [2.05, 4.69) is 0 Å². The van der Waals surface area contributed by atoms with Crippen molar-refractivity contribution >= 4 is 5.91 Å². The van der Waals surface area contributed by atoms with E-state index in [1.165, 1.54) is 19.2 Å². The van der Waals surface area contributed by atoms with Crippen LogP contribution in [0.3, 0.4) is 0 Å². The van der Waals surface area contributed by atoms with E-state index in [9.17, 15) is 36.2 Å². The minimum absolute atomic E-state index is 0.0898. The molecule has 0 saturated carbocycles. The highest BCUT2D eigenvalue weighted by atomic mass is 19.4. The average molecular weight is 295 g/mol. The molecule has 0 rings (SSSR count). The predicted molar refractivity (Wildman–Crippen MR) is 54.1 cm³/mol. The van der Waals surface area contributed by atoms with Crippen molar-refractivity contribution in [1.82, 2.24) is 5.32 Å². The molecule has 0 unspecified atom stereocenters. The number of alkyl halides is 6. The average Bonchev–Trinajstić information content (AvgIpc) is 2.22. The second kappa shape index (κ2) is 5.98. The van der Waals surface area contributed by atoms with Crippen molar-refractivity contribution in [3.63, 3.8) is 0 Å². The fourth-order valence-corrected chi connectivity index (χ4v) is 1.34. The SMILES string of the molecule is CCC(O)(CC)CNC(=O)C(C(F)(F)F)C(F)(F)F. The third kappa shape index (κ3) is 5.25. The zero-order valence-electron chi connectivity index (χ0n) is 10.3. The molecule has 0 aromatic heterocycles. The van der Waals surface area contributed by atoms with E-state index in [1.54, 1.807) is 0 Å². The normalized spacial score (nSPS) is 13.8. The number of amides is 1. The van der Waals surface area contributed by atoms with Crippen LogP contribution in [-0.2, 0) is 4.79 Å². The van der Waals surface area contributed by atoms with Gasteiger partial charge in [0.25, 0.3) is 0 Å². The fraction of sp³-hybridized carbons (Fsp3) is 0.900. The number of hydrogen-bond acceptors (Lipinski definition) is 2. The van der Waals surface area contributed by atoms with Crippen LogP contribution in [0.4, 0.5) is 26.3 Å². The van der Waals surface area contributed by atoms with E-state index < -0.39 is 36.3 Å². The summed E-state index contributed by atoms with van der Waals surface area (Å²) in [7, 11) is 0. The van der Waals surface area contributed by atoms with Crippen LogP contribution in [0.2, 0.25) is 0 Å². The first kappa shape index (κ1) is 18.0. The van der Waals surface area contributed by atoms with Crippen LogP contribution in [0, 0.1) is 5.92 Å². The van der Waals surface area contributed by atoms with Gasteiger partial charge in [-0.25, -0.2) is 0 Å². The molecule has 0 spiro atoms. The maximum atomic E-state index is 12.2. The highest BCUT2D eigenvalue weighted by Crippen LogP contribution is 2.39. The third-order valence-electron chi connectivity index (χ3n) is 2.82. The van der Waals surface area contributed by atoms with Gasteiger partial charge < -0.3 is 10.4 Å². The number of carbonyl (C=O) groups is 1. The van der Waals surface area contributed by atoms with Crippen molar-refractivity contribution in [3.8, 4) is 0 Å². The van der Waals surface area contributed by atoms with Crippen LogP contribution in [0.25, 0.3) is 0 Å². The zero-order chi connectivity index (χ0) is 15.5. The van der Waals surface area contributed by atoms with Crippen molar-refractivity contribution in [2.75, 3.05) is 6.54 Å². The zero-order valence-corrected chi connectivity index (χ0v) is 10.3. The Bertz CT molecular complexity index is 294. The molecular weight excluding hydrogens is 280 g/mol. The number of aliphatic hydroxyl groups is 1. The molecule has 0 heterocycles. The Hall–Kier alpha value is -0.990. The molecule has 0 radical (unpaired) electrons. The Morgan fingerprint density at radius 2 is 1.42 bits per heavy atom. The Kier molecular flexibility index (Phi) is 5.66. The topological polar surface area (TPSA) is 49.3 Å². The maximum absolute atomic E-state index is 12.2. The van der Waals surface area contributed by atoms with Crippen molar-refractivity contribution in [2.45, 2.75) is 44.6 Å². The summed E-state index contributed by atoms with van der Waals surface area (Å²) in [4.78, 5) is 11.1. The molecule has 0 aliphatic carbocycles. The quantitative estimate of drug-likeness (QED) is 0.765. The Morgan fingerprint density at radius 3 is 1.68 bits per heavy atom. The van der Waals surface area contributed by atoms with E-state index in [1.807, 2.05) is 0 Å². The van der Waals surface area contributed by atoms with Gasteiger partial charge in [0, 0.05) is 6.54 Å². The summed E-state index contributed by atoms with van der Waals surface area (Å²) in [6.45, 7) is 2.34. The number of rotatable bonds is 5. The van der Waals surface area contributed by atoms with E-state index in [0.717, 1.165) is 0 Å². The molecule has 0 bridgehead atoms. The lowest BCUT2D eigenvalue weighted by Gasteiger charge is -2.28. The van der Waals surface area contributed by atoms with Crippen molar-refractivity contribution in [2.24, 2.45) is 5.92 Å². The van der Waals surface area contributed by atoms with E-state index >= 15 is 0 Å². The number of hydrogen-bond donors (Lipinski definition) is 2. The molecule has 19 heavy (non-hydrogen) atoms. The molecule has 0 fully saturated rings.